The number of amides is 2. The molecule has 3 rings (SSSR count). The van der Waals surface area contributed by atoms with Gasteiger partial charge in [-0.2, -0.15) is 0 Å². The van der Waals surface area contributed by atoms with Crippen molar-refractivity contribution < 1.29 is 9.59 Å². The van der Waals surface area contributed by atoms with Gasteiger partial charge >= 0.3 is 0 Å². The minimum atomic E-state index is -0.377. The highest BCUT2D eigenvalue weighted by Crippen LogP contribution is 2.30. The van der Waals surface area contributed by atoms with E-state index in [1.54, 1.807) is 12.1 Å². The van der Waals surface area contributed by atoms with E-state index in [-0.39, 0.29) is 11.8 Å². The number of anilines is 1. The van der Waals surface area contributed by atoms with Gasteiger partial charge in [-0.15, -0.1) is 0 Å². The Hall–Kier alpha value is -2.36. The molecule has 1 aliphatic rings. The van der Waals surface area contributed by atoms with Crippen LogP contribution in [0.4, 0.5) is 5.69 Å². The number of hydrogen-bond donors (Lipinski definition) is 2. The Kier molecular flexibility index (Phi) is 1.57. The van der Waals surface area contributed by atoms with E-state index in [0.29, 0.717) is 16.8 Å². The van der Waals surface area contributed by atoms with Crippen LogP contribution in [-0.4, -0.2) is 11.8 Å². The second-order valence-electron chi connectivity index (χ2n) is 3.72. The number of rotatable bonds is 0. The third-order valence-electron chi connectivity index (χ3n) is 2.78. The van der Waals surface area contributed by atoms with Gasteiger partial charge in [0.1, 0.15) is 0 Å². The van der Waals surface area contributed by atoms with Crippen LogP contribution in [0.25, 0.3) is 10.8 Å². The molecule has 0 bridgehead atoms. The summed E-state index contributed by atoms with van der Waals surface area (Å²) in [7, 11) is 0. The molecule has 0 saturated carbocycles. The minimum Gasteiger partial charge on any atom is -0.398 e. The van der Waals surface area contributed by atoms with Crippen molar-refractivity contribution in [3.05, 3.63) is 41.5 Å². The lowest BCUT2D eigenvalue weighted by atomic mass is 9.99. The van der Waals surface area contributed by atoms with Crippen LogP contribution in [-0.2, 0) is 0 Å². The van der Waals surface area contributed by atoms with Gasteiger partial charge in [0.05, 0.1) is 11.1 Å². The fourth-order valence-corrected chi connectivity index (χ4v) is 2.06. The fraction of sp³-hybridized carbons (Fsp3) is 0. The Morgan fingerprint density at radius 3 is 2.44 bits per heavy atom. The molecule has 2 aromatic carbocycles. The summed E-state index contributed by atoms with van der Waals surface area (Å²) < 4.78 is 0. The maximum atomic E-state index is 11.6. The molecule has 0 spiro atoms. The lowest BCUT2D eigenvalue weighted by Gasteiger charge is -2.05. The first-order valence-electron chi connectivity index (χ1n) is 4.85. The molecule has 0 aromatic heterocycles. The molecule has 0 fully saturated rings. The number of carbonyl (C=O) groups is 2. The summed E-state index contributed by atoms with van der Waals surface area (Å²) in [5, 5.41) is 3.79. The van der Waals surface area contributed by atoms with Crippen LogP contribution in [0.5, 0.6) is 0 Å². The lowest BCUT2D eigenvalue weighted by molar-refractivity contribution is 0.0880. The molecule has 16 heavy (non-hydrogen) atoms. The van der Waals surface area contributed by atoms with Gasteiger partial charge in [0, 0.05) is 11.1 Å². The molecule has 0 atom stereocenters. The quantitative estimate of drug-likeness (QED) is 0.510. The molecule has 4 nitrogen and oxygen atoms in total. The molecular weight excluding hydrogens is 204 g/mol. The number of imide groups is 1. The Morgan fingerprint density at radius 1 is 1.00 bits per heavy atom. The van der Waals surface area contributed by atoms with E-state index >= 15 is 0 Å². The predicted octanol–water partition coefficient (Wildman–Crippen LogP) is 1.31. The average Bonchev–Trinajstić information content (AvgIpc) is 2.55. The Labute approximate surface area is 91.0 Å². The summed E-state index contributed by atoms with van der Waals surface area (Å²) in [6.07, 6.45) is 0. The smallest absolute Gasteiger partial charge is 0.259 e. The molecule has 0 saturated heterocycles. The van der Waals surface area contributed by atoms with Crippen molar-refractivity contribution in [3.8, 4) is 0 Å². The zero-order valence-corrected chi connectivity index (χ0v) is 8.28. The fourth-order valence-electron chi connectivity index (χ4n) is 2.06. The average molecular weight is 212 g/mol. The third-order valence-corrected chi connectivity index (χ3v) is 2.78. The summed E-state index contributed by atoms with van der Waals surface area (Å²) in [5.74, 6) is -0.728. The van der Waals surface area contributed by atoms with Crippen LogP contribution in [0.2, 0.25) is 0 Å². The van der Waals surface area contributed by atoms with E-state index in [4.69, 9.17) is 5.73 Å². The maximum Gasteiger partial charge on any atom is 0.259 e. The van der Waals surface area contributed by atoms with E-state index in [0.717, 1.165) is 10.8 Å². The molecule has 2 aromatic rings. The number of benzene rings is 2. The maximum absolute atomic E-state index is 11.6. The second kappa shape index (κ2) is 2.82. The van der Waals surface area contributed by atoms with Crippen molar-refractivity contribution in [2.45, 2.75) is 0 Å². The number of carbonyl (C=O) groups excluding carboxylic acids is 2. The lowest BCUT2D eigenvalue weighted by Crippen LogP contribution is -2.19. The van der Waals surface area contributed by atoms with E-state index in [1.807, 2.05) is 18.2 Å². The number of fused-ring (bicyclic) bond motifs is 3. The van der Waals surface area contributed by atoms with E-state index in [1.165, 1.54) is 0 Å². The largest absolute Gasteiger partial charge is 0.398 e. The standard InChI is InChI=1S/C12H8N2O2/c13-9-5-8-10(12(16)14-11(8)15)7-4-2-1-3-6(7)9/h1-5H,13H2,(H,14,15,16). The highest BCUT2D eigenvalue weighted by Gasteiger charge is 2.29. The van der Waals surface area contributed by atoms with Crippen LogP contribution >= 0.6 is 0 Å². The van der Waals surface area contributed by atoms with Crippen LogP contribution < -0.4 is 11.1 Å². The van der Waals surface area contributed by atoms with Crippen LogP contribution in [0, 0.1) is 0 Å². The topological polar surface area (TPSA) is 72.2 Å². The van der Waals surface area contributed by atoms with Gasteiger partial charge in [0.2, 0.25) is 0 Å². The van der Waals surface area contributed by atoms with E-state index < -0.39 is 0 Å². The van der Waals surface area contributed by atoms with Crippen molar-refractivity contribution in [1.29, 1.82) is 0 Å². The highest BCUT2D eigenvalue weighted by atomic mass is 16.2. The molecule has 2 amide bonds. The second-order valence-corrected chi connectivity index (χ2v) is 3.72. The number of nitrogens with two attached hydrogens (primary N) is 1. The number of nitrogens with one attached hydrogen (secondary N) is 1. The Bertz CT molecular complexity index is 647. The number of nitrogen functional groups attached to an aromatic ring is 1. The molecule has 4 heteroatoms. The Balaban J connectivity index is 2.53. The molecule has 1 heterocycles. The van der Waals surface area contributed by atoms with Gasteiger partial charge in [-0.1, -0.05) is 24.3 Å². The van der Waals surface area contributed by atoms with Crippen molar-refractivity contribution in [2.24, 2.45) is 0 Å². The first-order valence-corrected chi connectivity index (χ1v) is 4.85. The number of hydrogen-bond acceptors (Lipinski definition) is 3. The summed E-state index contributed by atoms with van der Waals surface area (Å²) >= 11 is 0. The van der Waals surface area contributed by atoms with E-state index in [2.05, 4.69) is 5.32 Å². The molecule has 0 unspecified atom stereocenters. The van der Waals surface area contributed by atoms with Crippen molar-refractivity contribution in [2.75, 3.05) is 5.73 Å². The van der Waals surface area contributed by atoms with Gasteiger partial charge in [0.25, 0.3) is 11.8 Å². The van der Waals surface area contributed by atoms with Gasteiger partial charge in [-0.05, 0) is 11.5 Å². The van der Waals surface area contributed by atoms with Gasteiger partial charge < -0.3 is 5.73 Å². The monoisotopic (exact) mass is 212 g/mol. The van der Waals surface area contributed by atoms with Crippen LogP contribution in [0.15, 0.2) is 30.3 Å². The highest BCUT2D eigenvalue weighted by molar-refractivity contribution is 6.27. The van der Waals surface area contributed by atoms with Crippen molar-refractivity contribution in [1.82, 2.24) is 5.32 Å². The van der Waals surface area contributed by atoms with Crippen LogP contribution in [0.1, 0.15) is 20.7 Å². The third kappa shape index (κ3) is 0.982. The summed E-state index contributed by atoms with van der Waals surface area (Å²) in [5.41, 5.74) is 7.15. The SMILES string of the molecule is Nc1cc2c(c3ccccc13)C(=O)NC2=O. The molecule has 1 aliphatic heterocycles. The van der Waals surface area contributed by atoms with Crippen LogP contribution in [0.3, 0.4) is 0 Å². The Morgan fingerprint density at radius 2 is 1.69 bits per heavy atom. The van der Waals surface area contributed by atoms with Crippen molar-refractivity contribution in [3.63, 3.8) is 0 Å². The summed E-state index contributed by atoms with van der Waals surface area (Å²) in [6, 6.07) is 8.85. The normalized spacial score (nSPS) is 14.0. The zero-order chi connectivity index (χ0) is 11.3. The molecular formula is C12H8N2O2. The molecule has 78 valence electrons. The first kappa shape index (κ1) is 8.91. The first-order chi connectivity index (χ1) is 7.68. The summed E-state index contributed by atoms with van der Waals surface area (Å²) in [6.45, 7) is 0. The van der Waals surface area contributed by atoms with Gasteiger partial charge in [-0.3, -0.25) is 14.9 Å². The predicted molar refractivity (Wildman–Crippen MR) is 60.2 cm³/mol. The van der Waals surface area contributed by atoms with E-state index in [9.17, 15) is 9.59 Å². The van der Waals surface area contributed by atoms with Gasteiger partial charge in [-0.25, -0.2) is 0 Å². The molecule has 3 N–H and O–H groups in total. The summed E-state index contributed by atoms with van der Waals surface area (Å²) in [4.78, 5) is 23.1. The molecule has 0 aliphatic carbocycles. The van der Waals surface area contributed by atoms with Gasteiger partial charge in [0.15, 0.2) is 0 Å². The zero-order valence-electron chi connectivity index (χ0n) is 8.28. The molecule has 0 radical (unpaired) electrons. The minimum absolute atomic E-state index is 0.351. The van der Waals surface area contributed by atoms with Crippen molar-refractivity contribution >= 4 is 28.3 Å².